The zero-order valence-electron chi connectivity index (χ0n) is 14.9. The summed E-state index contributed by atoms with van der Waals surface area (Å²) in [5.74, 6) is 1.53. The molecule has 0 N–H and O–H groups in total. The van der Waals surface area contributed by atoms with Gasteiger partial charge in [0.25, 0.3) is 5.56 Å². The van der Waals surface area contributed by atoms with Crippen molar-refractivity contribution in [3.63, 3.8) is 0 Å². The minimum absolute atomic E-state index is 0.0662. The second-order valence-electron chi connectivity index (χ2n) is 6.17. The van der Waals surface area contributed by atoms with E-state index in [1.165, 1.54) is 0 Å². The van der Waals surface area contributed by atoms with Crippen LogP contribution >= 0.6 is 0 Å². The summed E-state index contributed by atoms with van der Waals surface area (Å²) in [6, 6.07) is 13.4. The van der Waals surface area contributed by atoms with Crippen LogP contribution < -0.4 is 15.0 Å². The van der Waals surface area contributed by atoms with E-state index in [4.69, 9.17) is 9.47 Å². The number of benzene rings is 2. The highest BCUT2D eigenvalue weighted by Crippen LogP contribution is 2.28. The van der Waals surface area contributed by atoms with E-state index in [-0.39, 0.29) is 5.56 Å². The molecule has 6 nitrogen and oxygen atoms in total. The number of nitrogens with zero attached hydrogens (tertiary/aromatic N) is 3. The molecule has 132 valence electrons. The molecule has 0 unspecified atom stereocenters. The normalized spacial score (nSPS) is 11.2. The summed E-state index contributed by atoms with van der Waals surface area (Å²) in [4.78, 5) is 17.6. The van der Waals surface area contributed by atoms with Gasteiger partial charge in [-0.2, -0.15) is 0 Å². The average molecular weight is 349 g/mol. The van der Waals surface area contributed by atoms with Gasteiger partial charge in [-0.3, -0.25) is 9.36 Å². The van der Waals surface area contributed by atoms with E-state index in [0.29, 0.717) is 17.6 Å². The van der Waals surface area contributed by atoms with Crippen molar-refractivity contribution in [3.05, 3.63) is 64.7 Å². The number of hydrogen-bond donors (Lipinski definition) is 0. The Labute approximate surface area is 150 Å². The molecule has 0 aliphatic rings. The largest absolute Gasteiger partial charge is 0.497 e. The van der Waals surface area contributed by atoms with Crippen molar-refractivity contribution in [2.45, 2.75) is 6.54 Å². The maximum Gasteiger partial charge on any atom is 0.278 e. The van der Waals surface area contributed by atoms with Crippen LogP contribution in [0.4, 0.5) is 0 Å². The summed E-state index contributed by atoms with van der Waals surface area (Å²) < 4.78 is 14.0. The molecule has 6 heteroatoms. The molecule has 2 aromatic heterocycles. The molecule has 0 fully saturated rings. The number of methoxy groups -OCH3 is 2. The highest BCUT2D eigenvalue weighted by atomic mass is 16.5. The first-order valence-electron chi connectivity index (χ1n) is 8.27. The average Bonchev–Trinajstić information content (AvgIpc) is 2.97. The number of fused-ring (bicyclic) bond motifs is 3. The molecule has 0 radical (unpaired) electrons. The number of hydrogen-bond acceptors (Lipinski definition) is 4. The molecular formula is C20H19N3O3. The summed E-state index contributed by atoms with van der Waals surface area (Å²) in [5.41, 5.74) is 3.17. The van der Waals surface area contributed by atoms with Crippen molar-refractivity contribution >= 4 is 21.9 Å². The van der Waals surface area contributed by atoms with Crippen LogP contribution in [0.5, 0.6) is 11.5 Å². The highest BCUT2D eigenvalue weighted by Gasteiger charge is 2.15. The summed E-state index contributed by atoms with van der Waals surface area (Å²) in [5, 5.41) is 0.913. The maximum absolute atomic E-state index is 13.0. The molecule has 0 aliphatic carbocycles. The van der Waals surface area contributed by atoms with Crippen molar-refractivity contribution in [1.29, 1.82) is 0 Å². The predicted octanol–water partition coefficient (Wildman–Crippen LogP) is 2.95. The van der Waals surface area contributed by atoms with Gasteiger partial charge < -0.3 is 14.0 Å². The number of aromatic nitrogens is 3. The fourth-order valence-electron chi connectivity index (χ4n) is 3.26. The molecule has 4 rings (SSSR count). The van der Waals surface area contributed by atoms with E-state index in [1.807, 2.05) is 54.1 Å². The van der Waals surface area contributed by atoms with Crippen molar-refractivity contribution < 1.29 is 9.47 Å². The van der Waals surface area contributed by atoms with E-state index < -0.39 is 0 Å². The van der Waals surface area contributed by atoms with Crippen LogP contribution in [-0.4, -0.2) is 28.3 Å². The van der Waals surface area contributed by atoms with Gasteiger partial charge >= 0.3 is 0 Å². The Hall–Kier alpha value is -3.28. The Kier molecular flexibility index (Phi) is 3.88. The molecule has 0 aliphatic heterocycles. The van der Waals surface area contributed by atoms with Crippen molar-refractivity contribution in [3.8, 4) is 11.5 Å². The first-order chi connectivity index (χ1) is 12.6. The van der Waals surface area contributed by atoms with Crippen molar-refractivity contribution in [2.24, 2.45) is 7.05 Å². The molecule has 2 heterocycles. The summed E-state index contributed by atoms with van der Waals surface area (Å²) in [7, 11) is 5.14. The summed E-state index contributed by atoms with van der Waals surface area (Å²) in [6.45, 7) is 0.455. The molecule has 26 heavy (non-hydrogen) atoms. The minimum Gasteiger partial charge on any atom is -0.497 e. The SMILES string of the molecule is COc1ccc(Cn2cnc3c4cc(OC)ccc4n(C)c3c2=O)cc1. The first-order valence-corrected chi connectivity index (χ1v) is 8.27. The van der Waals surface area contributed by atoms with Crippen LogP contribution in [-0.2, 0) is 13.6 Å². The molecule has 0 atom stereocenters. The Bertz CT molecular complexity index is 1160. The summed E-state index contributed by atoms with van der Waals surface area (Å²) in [6.07, 6.45) is 1.60. The van der Waals surface area contributed by atoms with E-state index in [2.05, 4.69) is 4.98 Å². The minimum atomic E-state index is -0.0662. The lowest BCUT2D eigenvalue weighted by Gasteiger charge is -2.07. The molecule has 4 aromatic rings. The van der Waals surface area contributed by atoms with Gasteiger partial charge in [0.05, 0.1) is 32.6 Å². The van der Waals surface area contributed by atoms with Gasteiger partial charge in [-0.1, -0.05) is 12.1 Å². The maximum atomic E-state index is 13.0. The summed E-state index contributed by atoms with van der Waals surface area (Å²) >= 11 is 0. The third-order valence-electron chi connectivity index (χ3n) is 4.68. The van der Waals surface area contributed by atoms with Crippen molar-refractivity contribution in [2.75, 3.05) is 14.2 Å². The second-order valence-corrected chi connectivity index (χ2v) is 6.17. The Morgan fingerprint density at radius 2 is 1.69 bits per heavy atom. The van der Waals surface area contributed by atoms with Gasteiger partial charge in [0.2, 0.25) is 0 Å². The fourth-order valence-corrected chi connectivity index (χ4v) is 3.26. The lowest BCUT2D eigenvalue weighted by molar-refractivity contribution is 0.414. The number of rotatable bonds is 4. The van der Waals surface area contributed by atoms with Crippen LogP contribution in [0.3, 0.4) is 0 Å². The van der Waals surface area contributed by atoms with Gasteiger partial charge in [0.15, 0.2) is 0 Å². The van der Waals surface area contributed by atoms with E-state index in [9.17, 15) is 4.79 Å². The van der Waals surface area contributed by atoms with Gasteiger partial charge in [0.1, 0.15) is 22.5 Å². The van der Waals surface area contributed by atoms with E-state index in [0.717, 1.165) is 28.0 Å². The van der Waals surface area contributed by atoms with Crippen LogP contribution in [0.2, 0.25) is 0 Å². The molecule has 0 amide bonds. The van der Waals surface area contributed by atoms with E-state index in [1.54, 1.807) is 25.1 Å². The Morgan fingerprint density at radius 3 is 2.38 bits per heavy atom. The van der Waals surface area contributed by atoms with Gasteiger partial charge in [-0.25, -0.2) is 4.98 Å². The van der Waals surface area contributed by atoms with Crippen LogP contribution in [0.1, 0.15) is 5.56 Å². The molecule has 0 spiro atoms. The predicted molar refractivity (Wildman–Crippen MR) is 101 cm³/mol. The quantitative estimate of drug-likeness (QED) is 0.568. The fraction of sp³-hybridized carbons (Fsp3) is 0.200. The molecule has 0 bridgehead atoms. The van der Waals surface area contributed by atoms with Crippen LogP contribution in [0, 0.1) is 0 Å². The second kappa shape index (κ2) is 6.22. The topological polar surface area (TPSA) is 58.3 Å². The number of ether oxygens (including phenoxy) is 2. The Morgan fingerprint density at radius 1 is 1.00 bits per heavy atom. The number of aryl methyl sites for hydroxylation is 1. The molecule has 0 saturated carbocycles. The highest BCUT2D eigenvalue weighted by molar-refractivity contribution is 6.05. The zero-order chi connectivity index (χ0) is 18.3. The first kappa shape index (κ1) is 16.2. The molecule has 2 aromatic carbocycles. The third kappa shape index (κ3) is 2.50. The smallest absolute Gasteiger partial charge is 0.278 e. The van der Waals surface area contributed by atoms with Crippen molar-refractivity contribution in [1.82, 2.24) is 14.1 Å². The van der Waals surface area contributed by atoms with Crippen LogP contribution in [0.25, 0.3) is 21.9 Å². The standard InChI is InChI=1S/C20H19N3O3/c1-22-17-9-8-15(26-3)10-16(17)18-19(22)20(24)23(12-21-18)11-13-4-6-14(25-2)7-5-13/h4-10,12H,11H2,1-3H3. The van der Waals surface area contributed by atoms with E-state index >= 15 is 0 Å². The third-order valence-corrected chi connectivity index (χ3v) is 4.68. The molecular weight excluding hydrogens is 330 g/mol. The lowest BCUT2D eigenvalue weighted by Crippen LogP contribution is -2.22. The lowest BCUT2D eigenvalue weighted by atomic mass is 10.2. The monoisotopic (exact) mass is 349 g/mol. The van der Waals surface area contributed by atoms with Gasteiger partial charge in [-0.15, -0.1) is 0 Å². The van der Waals surface area contributed by atoms with Gasteiger partial charge in [-0.05, 0) is 35.9 Å². The molecule has 0 saturated heterocycles. The van der Waals surface area contributed by atoms with Crippen LogP contribution in [0.15, 0.2) is 53.6 Å². The Balaban J connectivity index is 1.84. The zero-order valence-corrected chi connectivity index (χ0v) is 14.9. The van der Waals surface area contributed by atoms with Gasteiger partial charge in [0, 0.05) is 12.4 Å².